The molecule has 2 nitrogen and oxygen atoms in total. The topological polar surface area (TPSA) is 24.9 Å². The van der Waals surface area contributed by atoms with E-state index in [-0.39, 0.29) is 0 Å². The Labute approximate surface area is 125 Å². The molecule has 96 valence electrons. The summed E-state index contributed by atoms with van der Waals surface area (Å²) in [5.74, 6) is 0. The molecule has 0 unspecified atom stereocenters. The lowest BCUT2D eigenvalue weighted by molar-refractivity contribution is 1.40. The van der Waals surface area contributed by atoms with E-state index in [1.165, 1.54) is 0 Å². The molecule has 0 saturated carbocycles. The number of aryl methyl sites for hydroxylation is 1. The third kappa shape index (κ3) is 2.68. The van der Waals surface area contributed by atoms with Crippen LogP contribution < -0.4 is 5.32 Å². The predicted octanol–water partition coefficient (Wildman–Crippen LogP) is 5.66. The van der Waals surface area contributed by atoms with Crippen molar-refractivity contribution in [3.8, 4) is 0 Å². The second-order valence-electron chi connectivity index (χ2n) is 4.22. The Morgan fingerprint density at radius 1 is 1.05 bits per heavy atom. The van der Waals surface area contributed by atoms with Crippen LogP contribution in [0.4, 0.5) is 10.8 Å². The van der Waals surface area contributed by atoms with E-state index in [4.69, 9.17) is 23.2 Å². The molecule has 0 aliphatic heterocycles. The second kappa shape index (κ2) is 5.00. The van der Waals surface area contributed by atoms with E-state index < -0.39 is 0 Å². The Morgan fingerprint density at radius 3 is 2.63 bits per heavy atom. The highest BCUT2D eigenvalue weighted by Crippen LogP contribution is 2.31. The number of halogens is 2. The Bertz CT molecular complexity index is 752. The summed E-state index contributed by atoms with van der Waals surface area (Å²) in [6.45, 7) is 2.03. The van der Waals surface area contributed by atoms with Gasteiger partial charge in [-0.15, -0.1) is 0 Å². The van der Waals surface area contributed by atoms with Crippen molar-refractivity contribution < 1.29 is 0 Å². The number of anilines is 2. The molecule has 0 bridgehead atoms. The first-order chi connectivity index (χ1) is 9.11. The van der Waals surface area contributed by atoms with Crippen LogP contribution in [-0.2, 0) is 0 Å². The lowest BCUT2D eigenvalue weighted by Gasteiger charge is -2.06. The quantitative estimate of drug-likeness (QED) is 0.661. The summed E-state index contributed by atoms with van der Waals surface area (Å²) in [7, 11) is 0. The highest BCUT2D eigenvalue weighted by molar-refractivity contribution is 7.22. The Kier molecular flexibility index (Phi) is 3.35. The lowest BCUT2D eigenvalue weighted by Crippen LogP contribution is -1.91. The van der Waals surface area contributed by atoms with Crippen LogP contribution in [0.2, 0.25) is 10.0 Å². The number of hydrogen-bond donors (Lipinski definition) is 1. The van der Waals surface area contributed by atoms with E-state index in [2.05, 4.69) is 10.3 Å². The Balaban J connectivity index is 1.98. The number of benzene rings is 2. The Morgan fingerprint density at radius 2 is 1.79 bits per heavy atom. The molecule has 0 spiro atoms. The molecule has 1 heterocycles. The fourth-order valence-electron chi connectivity index (χ4n) is 1.80. The minimum Gasteiger partial charge on any atom is -0.331 e. The fourth-order valence-corrected chi connectivity index (χ4v) is 3.00. The zero-order chi connectivity index (χ0) is 13.4. The summed E-state index contributed by atoms with van der Waals surface area (Å²) in [5.41, 5.74) is 3.00. The summed E-state index contributed by atoms with van der Waals surface area (Å²) in [6.07, 6.45) is 0. The molecular formula is C14H10Cl2N2S. The molecule has 0 aliphatic rings. The van der Waals surface area contributed by atoms with E-state index in [9.17, 15) is 0 Å². The van der Waals surface area contributed by atoms with E-state index in [0.29, 0.717) is 10.0 Å². The minimum atomic E-state index is 0.697. The fraction of sp³-hybridized carbons (Fsp3) is 0.0714. The molecule has 0 aliphatic carbocycles. The van der Waals surface area contributed by atoms with Gasteiger partial charge in [0.2, 0.25) is 0 Å². The van der Waals surface area contributed by atoms with Gasteiger partial charge in [0.25, 0.3) is 0 Å². The van der Waals surface area contributed by atoms with Gasteiger partial charge >= 0.3 is 0 Å². The van der Waals surface area contributed by atoms with Gasteiger partial charge < -0.3 is 5.32 Å². The molecule has 0 fully saturated rings. The van der Waals surface area contributed by atoms with Gasteiger partial charge in [-0.25, -0.2) is 4.98 Å². The molecule has 1 aromatic heterocycles. The van der Waals surface area contributed by atoms with Gasteiger partial charge in [-0.05, 0) is 42.8 Å². The molecule has 0 atom stereocenters. The van der Waals surface area contributed by atoms with Crippen molar-refractivity contribution >= 4 is 55.6 Å². The molecule has 19 heavy (non-hydrogen) atoms. The van der Waals surface area contributed by atoms with Gasteiger partial charge in [-0.2, -0.15) is 0 Å². The maximum atomic E-state index is 6.01. The van der Waals surface area contributed by atoms with E-state index in [1.807, 2.05) is 43.3 Å². The van der Waals surface area contributed by atoms with Crippen LogP contribution in [0.1, 0.15) is 5.56 Å². The van der Waals surface area contributed by atoms with Gasteiger partial charge in [0.1, 0.15) is 0 Å². The zero-order valence-corrected chi connectivity index (χ0v) is 12.4. The maximum absolute atomic E-state index is 6.01. The van der Waals surface area contributed by atoms with Gasteiger partial charge in [-0.1, -0.05) is 40.6 Å². The predicted molar refractivity (Wildman–Crippen MR) is 84.1 cm³/mol. The molecule has 0 radical (unpaired) electrons. The van der Waals surface area contributed by atoms with Crippen LogP contribution in [0.25, 0.3) is 10.2 Å². The molecule has 2 aromatic carbocycles. The van der Waals surface area contributed by atoms with Crippen LogP contribution in [0.5, 0.6) is 0 Å². The molecule has 0 amide bonds. The van der Waals surface area contributed by atoms with Crippen molar-refractivity contribution in [2.75, 3.05) is 5.32 Å². The van der Waals surface area contributed by atoms with Gasteiger partial charge in [0.05, 0.1) is 10.2 Å². The summed E-state index contributed by atoms with van der Waals surface area (Å²) in [4.78, 5) is 4.52. The summed E-state index contributed by atoms with van der Waals surface area (Å²) >= 11 is 13.6. The molecule has 5 heteroatoms. The van der Waals surface area contributed by atoms with Crippen LogP contribution in [-0.4, -0.2) is 4.98 Å². The third-order valence-electron chi connectivity index (χ3n) is 2.79. The average molecular weight is 309 g/mol. The molecule has 3 aromatic rings. The number of rotatable bonds is 2. The number of fused-ring (bicyclic) bond motifs is 1. The second-order valence-corrected chi connectivity index (χ2v) is 6.12. The number of aromatic nitrogens is 1. The van der Waals surface area contributed by atoms with Crippen molar-refractivity contribution in [3.05, 3.63) is 52.0 Å². The van der Waals surface area contributed by atoms with Crippen LogP contribution in [0.15, 0.2) is 36.4 Å². The van der Waals surface area contributed by atoms with Crippen molar-refractivity contribution in [1.29, 1.82) is 0 Å². The van der Waals surface area contributed by atoms with E-state index in [1.54, 1.807) is 11.3 Å². The van der Waals surface area contributed by atoms with Crippen LogP contribution >= 0.6 is 34.5 Å². The number of nitrogens with one attached hydrogen (secondary N) is 1. The van der Waals surface area contributed by atoms with Crippen molar-refractivity contribution in [2.24, 2.45) is 0 Å². The average Bonchev–Trinajstić information content (AvgIpc) is 2.75. The number of hydrogen-bond acceptors (Lipinski definition) is 3. The number of nitrogens with zero attached hydrogens (tertiary/aromatic N) is 1. The first kappa shape index (κ1) is 12.7. The first-order valence-corrected chi connectivity index (χ1v) is 7.28. The van der Waals surface area contributed by atoms with Crippen LogP contribution in [0.3, 0.4) is 0 Å². The monoisotopic (exact) mass is 308 g/mol. The third-order valence-corrected chi connectivity index (χ3v) is 4.21. The number of thiazole rings is 1. The molecular weight excluding hydrogens is 299 g/mol. The van der Waals surface area contributed by atoms with Crippen LogP contribution in [0, 0.1) is 6.92 Å². The molecule has 1 N–H and O–H groups in total. The maximum Gasteiger partial charge on any atom is 0.188 e. The summed E-state index contributed by atoms with van der Waals surface area (Å²) in [5, 5.41) is 5.54. The van der Waals surface area contributed by atoms with Crippen molar-refractivity contribution in [1.82, 2.24) is 4.98 Å². The van der Waals surface area contributed by atoms with Crippen molar-refractivity contribution in [2.45, 2.75) is 6.92 Å². The summed E-state index contributed by atoms with van der Waals surface area (Å²) in [6, 6.07) is 11.5. The molecule has 3 rings (SSSR count). The standard InChI is InChI=1S/C14H10Cl2N2S/c1-8-2-3-9(15)6-11(8)17-14-18-12-7-10(16)4-5-13(12)19-14/h2-7H,1H3,(H,17,18). The minimum absolute atomic E-state index is 0.697. The largest absolute Gasteiger partial charge is 0.331 e. The smallest absolute Gasteiger partial charge is 0.188 e. The zero-order valence-electron chi connectivity index (χ0n) is 10.1. The first-order valence-electron chi connectivity index (χ1n) is 5.71. The van der Waals surface area contributed by atoms with Gasteiger partial charge in [0.15, 0.2) is 5.13 Å². The van der Waals surface area contributed by atoms with Crippen molar-refractivity contribution in [3.63, 3.8) is 0 Å². The van der Waals surface area contributed by atoms with E-state index in [0.717, 1.165) is 26.6 Å². The van der Waals surface area contributed by atoms with Gasteiger partial charge in [-0.3, -0.25) is 0 Å². The highest BCUT2D eigenvalue weighted by Gasteiger charge is 2.06. The van der Waals surface area contributed by atoms with E-state index >= 15 is 0 Å². The molecule has 0 saturated heterocycles. The SMILES string of the molecule is Cc1ccc(Cl)cc1Nc1nc2cc(Cl)ccc2s1. The lowest BCUT2D eigenvalue weighted by atomic mass is 10.2. The highest BCUT2D eigenvalue weighted by atomic mass is 35.5. The summed E-state index contributed by atoms with van der Waals surface area (Å²) < 4.78 is 1.10. The Hall–Kier alpha value is -1.29. The van der Waals surface area contributed by atoms with Gasteiger partial charge in [0, 0.05) is 15.7 Å². The normalized spacial score (nSPS) is 10.9.